The number of benzene rings is 2. The zero-order valence-electron chi connectivity index (χ0n) is 17.0. The summed E-state index contributed by atoms with van der Waals surface area (Å²) in [6.45, 7) is 5.96. The molecule has 0 saturated carbocycles. The lowest BCUT2D eigenvalue weighted by molar-refractivity contribution is -0.127. The Morgan fingerprint density at radius 1 is 1.13 bits per heavy atom. The Morgan fingerprint density at radius 3 is 2.53 bits per heavy atom. The number of rotatable bonds is 3. The minimum absolute atomic E-state index is 0.207. The van der Waals surface area contributed by atoms with Gasteiger partial charge >= 0.3 is 0 Å². The van der Waals surface area contributed by atoms with Crippen LogP contribution in [0.5, 0.6) is 0 Å². The molecular formula is C22H22BrN5O2. The van der Waals surface area contributed by atoms with Gasteiger partial charge in [0.15, 0.2) is 0 Å². The van der Waals surface area contributed by atoms with Gasteiger partial charge in [-0.25, -0.2) is 4.68 Å². The van der Waals surface area contributed by atoms with Gasteiger partial charge in [-0.05, 0) is 50.6 Å². The van der Waals surface area contributed by atoms with E-state index in [0.717, 1.165) is 15.7 Å². The maximum atomic E-state index is 13.6. The number of carbonyl (C=O) groups is 2. The van der Waals surface area contributed by atoms with Gasteiger partial charge in [0.2, 0.25) is 5.91 Å². The van der Waals surface area contributed by atoms with Crippen LogP contribution in [0.3, 0.4) is 0 Å². The van der Waals surface area contributed by atoms with Crippen molar-refractivity contribution in [2.45, 2.75) is 38.9 Å². The quantitative estimate of drug-likeness (QED) is 0.637. The maximum Gasteiger partial charge on any atom is 0.257 e. The summed E-state index contributed by atoms with van der Waals surface area (Å²) in [7, 11) is 0. The largest absolute Gasteiger partial charge is 0.349 e. The molecule has 30 heavy (non-hydrogen) atoms. The normalized spacial score (nSPS) is 14.5. The van der Waals surface area contributed by atoms with Crippen molar-refractivity contribution in [1.29, 1.82) is 0 Å². The first kappa shape index (κ1) is 20.3. The number of nitrogens with zero attached hydrogens (tertiary/aromatic N) is 4. The van der Waals surface area contributed by atoms with Crippen molar-refractivity contribution in [3.8, 4) is 5.69 Å². The number of fused-ring (bicyclic) bond motifs is 3. The minimum atomic E-state index is -0.806. The molecular weight excluding hydrogens is 446 g/mol. The van der Waals surface area contributed by atoms with Crippen molar-refractivity contribution < 1.29 is 9.59 Å². The van der Waals surface area contributed by atoms with E-state index in [1.807, 2.05) is 57.2 Å². The zero-order valence-corrected chi connectivity index (χ0v) is 18.5. The van der Waals surface area contributed by atoms with Crippen molar-refractivity contribution in [2.75, 3.05) is 0 Å². The molecule has 0 radical (unpaired) electrons. The molecule has 2 aromatic carbocycles. The fourth-order valence-corrected chi connectivity index (χ4v) is 3.84. The highest BCUT2D eigenvalue weighted by molar-refractivity contribution is 9.10. The summed E-state index contributed by atoms with van der Waals surface area (Å²) in [5, 5.41) is 11.2. The number of para-hydroxylation sites is 1. The summed E-state index contributed by atoms with van der Waals surface area (Å²) >= 11 is 3.44. The monoisotopic (exact) mass is 467 g/mol. The van der Waals surface area contributed by atoms with Gasteiger partial charge in [-0.3, -0.25) is 9.59 Å². The van der Waals surface area contributed by atoms with Crippen LogP contribution in [0.15, 0.2) is 59.2 Å². The van der Waals surface area contributed by atoms with Crippen LogP contribution in [0.1, 0.15) is 48.4 Å². The number of hydrogen-bond donors (Lipinski definition) is 1. The maximum absolute atomic E-state index is 13.6. The molecule has 1 N–H and O–H groups in total. The predicted molar refractivity (Wildman–Crippen MR) is 116 cm³/mol. The van der Waals surface area contributed by atoms with E-state index >= 15 is 0 Å². The minimum Gasteiger partial charge on any atom is -0.349 e. The van der Waals surface area contributed by atoms with E-state index in [-0.39, 0.29) is 18.4 Å². The Labute approximate surface area is 183 Å². The SMILES string of the molecule is CC(C)(C)NC(=O)C(c1ccc(Br)cc1)N1Cc2cnnn2-c2ccccc2C1=O. The highest BCUT2D eigenvalue weighted by Crippen LogP contribution is 2.31. The Morgan fingerprint density at radius 2 is 1.83 bits per heavy atom. The Hall–Kier alpha value is -3.00. The first-order valence-corrected chi connectivity index (χ1v) is 10.4. The molecule has 2 heterocycles. The first-order valence-electron chi connectivity index (χ1n) is 9.62. The lowest BCUT2D eigenvalue weighted by Crippen LogP contribution is -2.49. The summed E-state index contributed by atoms with van der Waals surface area (Å²) in [5.41, 5.74) is 2.15. The summed E-state index contributed by atoms with van der Waals surface area (Å²) in [4.78, 5) is 28.6. The number of carbonyl (C=O) groups excluding carboxylic acids is 2. The molecule has 7 nitrogen and oxygen atoms in total. The predicted octanol–water partition coefficient (Wildman–Crippen LogP) is 3.64. The molecule has 0 aliphatic carbocycles. The third-order valence-electron chi connectivity index (χ3n) is 4.82. The summed E-state index contributed by atoms with van der Waals surface area (Å²) in [6.07, 6.45) is 1.63. The van der Waals surface area contributed by atoms with E-state index in [4.69, 9.17) is 0 Å². The van der Waals surface area contributed by atoms with Crippen molar-refractivity contribution in [1.82, 2.24) is 25.2 Å². The van der Waals surface area contributed by atoms with Crippen molar-refractivity contribution in [2.24, 2.45) is 0 Å². The van der Waals surface area contributed by atoms with Crippen LogP contribution in [0.2, 0.25) is 0 Å². The fraction of sp³-hybridized carbons (Fsp3) is 0.273. The third-order valence-corrected chi connectivity index (χ3v) is 5.35. The van der Waals surface area contributed by atoms with Gasteiger partial charge in [-0.2, -0.15) is 0 Å². The number of aromatic nitrogens is 3. The van der Waals surface area contributed by atoms with Gasteiger partial charge in [0.1, 0.15) is 6.04 Å². The first-order chi connectivity index (χ1) is 14.2. The molecule has 4 rings (SSSR count). The molecule has 1 aromatic heterocycles. The zero-order chi connectivity index (χ0) is 21.5. The van der Waals surface area contributed by atoms with Crippen molar-refractivity contribution in [3.05, 3.63) is 76.0 Å². The van der Waals surface area contributed by atoms with Crippen LogP contribution in [0, 0.1) is 0 Å². The van der Waals surface area contributed by atoms with Gasteiger partial charge in [0.05, 0.1) is 29.7 Å². The number of hydrogen-bond acceptors (Lipinski definition) is 4. The smallest absolute Gasteiger partial charge is 0.257 e. The van der Waals surface area contributed by atoms with Crippen molar-refractivity contribution >= 4 is 27.7 Å². The fourth-order valence-electron chi connectivity index (χ4n) is 3.57. The van der Waals surface area contributed by atoms with Crippen LogP contribution in [0.4, 0.5) is 0 Å². The number of amides is 2. The van der Waals surface area contributed by atoms with Gasteiger partial charge in [0, 0.05) is 10.0 Å². The third kappa shape index (κ3) is 3.87. The average Bonchev–Trinajstić information content (AvgIpc) is 3.11. The molecule has 1 aliphatic heterocycles. The topological polar surface area (TPSA) is 80.1 Å². The Kier molecular flexibility index (Phi) is 5.19. The highest BCUT2D eigenvalue weighted by Gasteiger charge is 2.37. The van der Waals surface area contributed by atoms with Crippen LogP contribution in [0.25, 0.3) is 5.69 Å². The molecule has 0 fully saturated rings. The lowest BCUT2D eigenvalue weighted by Gasteiger charge is -2.33. The lowest BCUT2D eigenvalue weighted by atomic mass is 10.0. The summed E-state index contributed by atoms with van der Waals surface area (Å²) in [6, 6.07) is 13.9. The van der Waals surface area contributed by atoms with Gasteiger partial charge in [0.25, 0.3) is 5.91 Å². The van der Waals surface area contributed by atoms with Crippen LogP contribution in [-0.4, -0.2) is 37.2 Å². The summed E-state index contributed by atoms with van der Waals surface area (Å²) < 4.78 is 2.56. The van der Waals surface area contributed by atoms with Crippen molar-refractivity contribution in [3.63, 3.8) is 0 Å². The van der Waals surface area contributed by atoms with E-state index in [1.54, 1.807) is 27.9 Å². The second-order valence-electron chi connectivity index (χ2n) is 8.28. The average molecular weight is 468 g/mol. The molecule has 1 unspecified atom stereocenters. The van der Waals surface area contributed by atoms with E-state index in [2.05, 4.69) is 31.6 Å². The van der Waals surface area contributed by atoms with E-state index in [1.165, 1.54) is 0 Å². The molecule has 0 spiro atoms. The highest BCUT2D eigenvalue weighted by atomic mass is 79.9. The molecule has 1 aliphatic rings. The molecule has 3 aromatic rings. The molecule has 8 heteroatoms. The molecule has 154 valence electrons. The van der Waals surface area contributed by atoms with Gasteiger partial charge in [-0.1, -0.05) is 45.4 Å². The molecule has 0 bridgehead atoms. The Bertz CT molecular complexity index is 1100. The molecule has 2 amide bonds. The summed E-state index contributed by atoms with van der Waals surface area (Å²) in [5.74, 6) is -0.468. The van der Waals surface area contributed by atoms with Gasteiger partial charge in [-0.15, -0.1) is 5.10 Å². The van der Waals surface area contributed by atoms with Crippen LogP contribution >= 0.6 is 15.9 Å². The molecule has 1 atom stereocenters. The second-order valence-corrected chi connectivity index (χ2v) is 9.20. The van der Waals surface area contributed by atoms with E-state index in [0.29, 0.717) is 11.3 Å². The number of halogens is 1. The van der Waals surface area contributed by atoms with Crippen LogP contribution in [-0.2, 0) is 11.3 Å². The molecule has 0 saturated heterocycles. The van der Waals surface area contributed by atoms with Gasteiger partial charge < -0.3 is 10.2 Å². The standard InChI is InChI=1S/C22H22BrN5O2/c1-22(2,3)25-20(29)19(14-8-10-15(23)11-9-14)27-13-16-12-24-26-28(16)18-7-5-4-6-17(18)21(27)30/h4-12,19H,13H2,1-3H3,(H,25,29). The number of nitrogens with one attached hydrogen (secondary N) is 1. The van der Waals surface area contributed by atoms with E-state index < -0.39 is 11.6 Å². The van der Waals surface area contributed by atoms with Crippen LogP contribution < -0.4 is 5.32 Å². The van der Waals surface area contributed by atoms with E-state index in [9.17, 15) is 9.59 Å². The second kappa shape index (κ2) is 7.68. The Balaban J connectivity index is 1.85.